The third-order valence-corrected chi connectivity index (χ3v) is 3.04. The fourth-order valence-corrected chi connectivity index (χ4v) is 1.76. The molecule has 4 nitrogen and oxygen atoms in total. The molecule has 0 spiro atoms. The van der Waals surface area contributed by atoms with E-state index in [-0.39, 0.29) is 5.91 Å². The van der Waals surface area contributed by atoms with Gasteiger partial charge in [0.25, 0.3) is 0 Å². The van der Waals surface area contributed by atoms with Crippen LogP contribution < -0.4 is 5.73 Å². The number of rotatable bonds is 5. The molecule has 0 aliphatic carbocycles. The monoisotopic (exact) mass is 269 g/mol. The highest BCUT2D eigenvalue weighted by atomic mass is 35.5. The number of nitrogens with zero attached hydrogens (tertiary/aromatic N) is 2. The van der Waals surface area contributed by atoms with Gasteiger partial charge in [0.1, 0.15) is 0 Å². The first-order chi connectivity index (χ1) is 8.43. The summed E-state index contributed by atoms with van der Waals surface area (Å²) in [5, 5.41) is 0.661. The van der Waals surface area contributed by atoms with Crippen molar-refractivity contribution in [2.75, 3.05) is 32.9 Å². The minimum Gasteiger partial charge on any atom is -0.398 e. The molecule has 1 aromatic rings. The Labute approximate surface area is 113 Å². The number of nitrogen functional groups attached to an aromatic ring is 1. The molecule has 18 heavy (non-hydrogen) atoms. The fourth-order valence-electron chi connectivity index (χ4n) is 1.56. The molecule has 0 saturated carbocycles. The maximum Gasteiger partial charge on any atom is 0.236 e. The van der Waals surface area contributed by atoms with Crippen molar-refractivity contribution < 1.29 is 4.79 Å². The summed E-state index contributed by atoms with van der Waals surface area (Å²) in [7, 11) is 3.51. The van der Waals surface area contributed by atoms with Gasteiger partial charge in [-0.05, 0) is 30.3 Å². The molecule has 100 valence electrons. The Morgan fingerprint density at radius 2 is 2.06 bits per heavy atom. The molecule has 0 bridgehead atoms. The zero-order valence-electron chi connectivity index (χ0n) is 11.1. The van der Waals surface area contributed by atoms with E-state index >= 15 is 0 Å². The Bertz CT molecular complexity index is 421. The molecule has 0 aliphatic heterocycles. The number of halogens is 1. The molecule has 0 unspecified atom stereocenters. The van der Waals surface area contributed by atoms with Gasteiger partial charge in [0.05, 0.1) is 6.54 Å². The number of anilines is 1. The largest absolute Gasteiger partial charge is 0.398 e. The minimum atomic E-state index is 0.0810. The zero-order chi connectivity index (χ0) is 13.7. The predicted molar refractivity (Wildman–Crippen MR) is 75.5 cm³/mol. The maximum absolute atomic E-state index is 11.7. The highest BCUT2D eigenvalue weighted by molar-refractivity contribution is 6.30. The van der Waals surface area contributed by atoms with Crippen LogP contribution in [0.15, 0.2) is 18.2 Å². The van der Waals surface area contributed by atoms with Gasteiger partial charge in [-0.15, -0.1) is 0 Å². The number of nitrogens with two attached hydrogens (primary N) is 1. The molecule has 5 heteroatoms. The second kappa shape index (κ2) is 6.61. The first-order valence-corrected chi connectivity index (χ1v) is 6.28. The second-order valence-electron chi connectivity index (χ2n) is 4.43. The van der Waals surface area contributed by atoms with Crippen molar-refractivity contribution in [1.29, 1.82) is 0 Å². The van der Waals surface area contributed by atoms with Gasteiger partial charge in [-0.2, -0.15) is 0 Å². The van der Waals surface area contributed by atoms with E-state index < -0.39 is 0 Å². The molecule has 1 rings (SSSR count). The van der Waals surface area contributed by atoms with E-state index in [1.54, 1.807) is 31.1 Å². The van der Waals surface area contributed by atoms with Crippen molar-refractivity contribution in [2.45, 2.75) is 13.5 Å². The first kappa shape index (κ1) is 14.8. The van der Waals surface area contributed by atoms with Crippen LogP contribution in [0.2, 0.25) is 5.02 Å². The van der Waals surface area contributed by atoms with E-state index in [1.807, 2.05) is 17.9 Å². The number of hydrogen-bond acceptors (Lipinski definition) is 3. The summed E-state index contributed by atoms with van der Waals surface area (Å²) in [4.78, 5) is 15.3. The molecule has 1 aromatic carbocycles. The van der Waals surface area contributed by atoms with Crippen LogP contribution in [0, 0.1) is 0 Å². The number of carbonyl (C=O) groups is 1. The molecule has 0 fully saturated rings. The lowest BCUT2D eigenvalue weighted by molar-refractivity contribution is -0.130. The Kier molecular flexibility index (Phi) is 5.44. The molecule has 1 amide bonds. The van der Waals surface area contributed by atoms with Crippen molar-refractivity contribution in [1.82, 2.24) is 9.80 Å². The molecule has 0 atom stereocenters. The van der Waals surface area contributed by atoms with Gasteiger partial charge in [0, 0.05) is 31.4 Å². The summed E-state index contributed by atoms with van der Waals surface area (Å²) >= 11 is 5.95. The molecule has 0 heterocycles. The lowest BCUT2D eigenvalue weighted by Gasteiger charge is -2.22. The van der Waals surface area contributed by atoms with Crippen molar-refractivity contribution in [3.8, 4) is 0 Å². The summed E-state index contributed by atoms with van der Waals surface area (Å²) in [5.74, 6) is 0.0810. The molecular formula is C13H20ClN3O. The van der Waals surface area contributed by atoms with Crippen LogP contribution in [-0.2, 0) is 11.3 Å². The average molecular weight is 270 g/mol. The number of likely N-dealkylation sites (N-methyl/N-ethyl adjacent to an activating group) is 2. The topological polar surface area (TPSA) is 49.6 Å². The molecule has 0 aliphatic rings. The number of benzene rings is 1. The molecule has 2 N–H and O–H groups in total. The van der Waals surface area contributed by atoms with E-state index in [4.69, 9.17) is 17.3 Å². The van der Waals surface area contributed by atoms with Crippen LogP contribution in [0.3, 0.4) is 0 Å². The first-order valence-electron chi connectivity index (χ1n) is 5.90. The molecule has 0 saturated heterocycles. The van der Waals surface area contributed by atoms with E-state index in [9.17, 15) is 4.79 Å². The van der Waals surface area contributed by atoms with Gasteiger partial charge in [-0.3, -0.25) is 9.69 Å². The summed E-state index contributed by atoms with van der Waals surface area (Å²) in [6.07, 6.45) is 0. The predicted octanol–water partition coefficient (Wildman–Crippen LogP) is 1.83. The van der Waals surface area contributed by atoms with Gasteiger partial charge in [0.15, 0.2) is 0 Å². The van der Waals surface area contributed by atoms with Crippen LogP contribution >= 0.6 is 11.6 Å². The van der Waals surface area contributed by atoms with Crippen LogP contribution in [0.4, 0.5) is 5.69 Å². The minimum absolute atomic E-state index is 0.0810. The average Bonchev–Trinajstić information content (AvgIpc) is 2.32. The van der Waals surface area contributed by atoms with Gasteiger partial charge in [-0.1, -0.05) is 18.5 Å². The quantitative estimate of drug-likeness (QED) is 0.830. The Morgan fingerprint density at radius 3 is 2.61 bits per heavy atom. The van der Waals surface area contributed by atoms with Gasteiger partial charge >= 0.3 is 0 Å². The molecule has 0 radical (unpaired) electrons. The third kappa shape index (κ3) is 4.20. The Balaban J connectivity index is 2.73. The number of amides is 1. The standard InChI is InChI=1S/C13H20ClN3O/c1-4-17(9-13(18)16(2)3)8-10-7-11(14)5-6-12(10)15/h5-7H,4,8-9,15H2,1-3H3. The fraction of sp³-hybridized carbons (Fsp3) is 0.462. The van der Waals surface area contributed by atoms with Crippen LogP contribution in [0.25, 0.3) is 0 Å². The van der Waals surface area contributed by atoms with E-state index in [0.717, 1.165) is 12.1 Å². The normalized spacial score (nSPS) is 10.7. The van der Waals surface area contributed by atoms with Crippen LogP contribution in [-0.4, -0.2) is 42.9 Å². The van der Waals surface area contributed by atoms with Crippen molar-refractivity contribution >= 4 is 23.2 Å². The third-order valence-electron chi connectivity index (χ3n) is 2.80. The van der Waals surface area contributed by atoms with Crippen LogP contribution in [0.1, 0.15) is 12.5 Å². The van der Waals surface area contributed by atoms with Crippen molar-refractivity contribution in [2.24, 2.45) is 0 Å². The lowest BCUT2D eigenvalue weighted by Crippen LogP contribution is -2.36. The number of hydrogen-bond donors (Lipinski definition) is 1. The Morgan fingerprint density at radius 1 is 1.39 bits per heavy atom. The Hall–Kier alpha value is -1.26. The van der Waals surface area contributed by atoms with E-state index in [1.165, 1.54) is 0 Å². The smallest absolute Gasteiger partial charge is 0.236 e. The highest BCUT2D eigenvalue weighted by Crippen LogP contribution is 2.19. The van der Waals surface area contributed by atoms with Gasteiger partial charge in [-0.25, -0.2) is 0 Å². The number of carbonyl (C=O) groups excluding carboxylic acids is 1. The van der Waals surface area contributed by atoms with Crippen LogP contribution in [0.5, 0.6) is 0 Å². The summed E-state index contributed by atoms with van der Waals surface area (Å²) in [6.45, 7) is 3.81. The SMILES string of the molecule is CCN(CC(=O)N(C)C)Cc1cc(Cl)ccc1N. The van der Waals surface area contributed by atoms with Crippen molar-refractivity contribution in [3.63, 3.8) is 0 Å². The van der Waals surface area contributed by atoms with E-state index in [2.05, 4.69) is 0 Å². The van der Waals surface area contributed by atoms with Crippen molar-refractivity contribution in [3.05, 3.63) is 28.8 Å². The summed E-state index contributed by atoms with van der Waals surface area (Å²) in [5.41, 5.74) is 7.56. The summed E-state index contributed by atoms with van der Waals surface area (Å²) < 4.78 is 0. The van der Waals surface area contributed by atoms with Gasteiger partial charge in [0.2, 0.25) is 5.91 Å². The highest BCUT2D eigenvalue weighted by Gasteiger charge is 2.12. The van der Waals surface area contributed by atoms with E-state index in [0.29, 0.717) is 23.8 Å². The van der Waals surface area contributed by atoms with Gasteiger partial charge < -0.3 is 10.6 Å². The zero-order valence-corrected chi connectivity index (χ0v) is 11.9. The molecule has 0 aromatic heterocycles. The summed E-state index contributed by atoms with van der Waals surface area (Å²) in [6, 6.07) is 5.40. The second-order valence-corrected chi connectivity index (χ2v) is 4.87. The maximum atomic E-state index is 11.7. The molecular weight excluding hydrogens is 250 g/mol. The lowest BCUT2D eigenvalue weighted by atomic mass is 10.1.